The highest BCUT2D eigenvalue weighted by atomic mass is 16.5. The van der Waals surface area contributed by atoms with Crippen LogP contribution in [0.4, 0.5) is 0 Å². The van der Waals surface area contributed by atoms with E-state index in [1.807, 2.05) is 31.2 Å². The summed E-state index contributed by atoms with van der Waals surface area (Å²) in [4.78, 5) is 2.56. The minimum absolute atomic E-state index is 0.388. The monoisotopic (exact) mass is 317 g/mol. The number of benzene rings is 1. The van der Waals surface area contributed by atoms with Crippen molar-refractivity contribution in [1.82, 2.24) is 4.90 Å². The van der Waals surface area contributed by atoms with Crippen molar-refractivity contribution in [2.75, 3.05) is 19.7 Å². The predicted octanol–water partition coefficient (Wildman–Crippen LogP) is 3.78. The van der Waals surface area contributed by atoms with E-state index >= 15 is 0 Å². The Kier molecular flexibility index (Phi) is 5.96. The van der Waals surface area contributed by atoms with E-state index in [9.17, 15) is 5.11 Å². The summed E-state index contributed by atoms with van der Waals surface area (Å²) in [5, 5.41) is 10.5. The quantitative estimate of drug-likeness (QED) is 0.792. The molecule has 3 nitrogen and oxygen atoms in total. The molecule has 2 aliphatic carbocycles. The molecule has 3 rings (SSSR count). The van der Waals surface area contributed by atoms with Gasteiger partial charge in [-0.1, -0.05) is 37.5 Å². The Morgan fingerprint density at radius 3 is 2.57 bits per heavy atom. The van der Waals surface area contributed by atoms with Gasteiger partial charge in [-0.15, -0.1) is 0 Å². The minimum Gasteiger partial charge on any atom is -0.491 e. The number of aliphatic hydroxyl groups is 1. The maximum atomic E-state index is 10.5. The van der Waals surface area contributed by atoms with E-state index in [0.717, 1.165) is 23.8 Å². The van der Waals surface area contributed by atoms with E-state index in [4.69, 9.17) is 4.74 Å². The zero-order chi connectivity index (χ0) is 16.1. The van der Waals surface area contributed by atoms with Crippen LogP contribution < -0.4 is 4.74 Å². The molecule has 3 heteroatoms. The van der Waals surface area contributed by atoms with Crippen LogP contribution in [0.2, 0.25) is 0 Å². The lowest BCUT2D eigenvalue weighted by Gasteiger charge is -2.35. The van der Waals surface area contributed by atoms with Crippen molar-refractivity contribution >= 4 is 0 Å². The van der Waals surface area contributed by atoms with Gasteiger partial charge in [-0.2, -0.15) is 0 Å². The Labute approximate surface area is 140 Å². The van der Waals surface area contributed by atoms with E-state index in [0.29, 0.717) is 12.6 Å². The molecule has 0 spiro atoms. The summed E-state index contributed by atoms with van der Waals surface area (Å²) in [5.74, 6) is 1.76. The van der Waals surface area contributed by atoms with Gasteiger partial charge in [0.05, 0.1) is 0 Å². The van der Waals surface area contributed by atoms with Gasteiger partial charge in [-0.3, -0.25) is 4.90 Å². The number of hydrogen-bond donors (Lipinski definition) is 1. The van der Waals surface area contributed by atoms with Gasteiger partial charge in [0.2, 0.25) is 0 Å². The number of aliphatic hydroxyl groups excluding tert-OH is 1. The van der Waals surface area contributed by atoms with E-state index in [2.05, 4.69) is 4.90 Å². The lowest BCUT2D eigenvalue weighted by molar-refractivity contribution is 0.0414. The van der Waals surface area contributed by atoms with Crippen LogP contribution in [0.3, 0.4) is 0 Å². The molecule has 2 aliphatic rings. The summed E-state index contributed by atoms with van der Waals surface area (Å²) < 4.78 is 5.83. The predicted molar refractivity (Wildman–Crippen MR) is 93.9 cm³/mol. The van der Waals surface area contributed by atoms with Crippen molar-refractivity contribution in [1.29, 1.82) is 0 Å². The number of rotatable bonds is 8. The van der Waals surface area contributed by atoms with Crippen molar-refractivity contribution in [3.05, 3.63) is 29.8 Å². The van der Waals surface area contributed by atoms with Crippen LogP contribution in [0.5, 0.6) is 5.75 Å². The van der Waals surface area contributed by atoms with Gasteiger partial charge >= 0.3 is 0 Å². The summed E-state index contributed by atoms with van der Waals surface area (Å²) >= 11 is 0. The van der Waals surface area contributed by atoms with Crippen LogP contribution in [0.25, 0.3) is 0 Å². The lowest BCUT2D eigenvalue weighted by Crippen LogP contribution is -2.44. The zero-order valence-corrected chi connectivity index (χ0v) is 14.4. The van der Waals surface area contributed by atoms with Gasteiger partial charge in [0.15, 0.2) is 0 Å². The summed E-state index contributed by atoms with van der Waals surface area (Å²) in [6.07, 6.45) is 9.03. The molecule has 0 aliphatic heterocycles. The molecule has 0 aromatic heterocycles. The number of aryl methyl sites for hydroxylation is 1. The third-order valence-electron chi connectivity index (χ3n) is 5.25. The van der Waals surface area contributed by atoms with Gasteiger partial charge in [-0.25, -0.2) is 0 Å². The molecule has 128 valence electrons. The van der Waals surface area contributed by atoms with Crippen LogP contribution in [0, 0.1) is 12.8 Å². The summed E-state index contributed by atoms with van der Waals surface area (Å²) in [7, 11) is 0. The zero-order valence-electron chi connectivity index (χ0n) is 14.4. The second-order valence-electron chi connectivity index (χ2n) is 7.42. The van der Waals surface area contributed by atoms with Crippen LogP contribution in [0.15, 0.2) is 24.3 Å². The first-order valence-corrected chi connectivity index (χ1v) is 9.33. The topological polar surface area (TPSA) is 32.7 Å². The molecule has 1 atom stereocenters. The average Bonchev–Trinajstić information content (AvgIpc) is 3.38. The first-order valence-electron chi connectivity index (χ1n) is 9.33. The number of ether oxygens (including phenoxy) is 1. The smallest absolute Gasteiger partial charge is 0.122 e. The Morgan fingerprint density at radius 2 is 1.87 bits per heavy atom. The maximum Gasteiger partial charge on any atom is 0.122 e. The fraction of sp³-hybridized carbons (Fsp3) is 0.700. The van der Waals surface area contributed by atoms with E-state index in [1.54, 1.807) is 0 Å². The van der Waals surface area contributed by atoms with Gasteiger partial charge < -0.3 is 9.84 Å². The molecule has 0 radical (unpaired) electrons. The van der Waals surface area contributed by atoms with Crippen molar-refractivity contribution in [3.8, 4) is 5.75 Å². The van der Waals surface area contributed by atoms with E-state index in [1.165, 1.54) is 51.5 Å². The molecular weight excluding hydrogens is 286 g/mol. The molecule has 0 heterocycles. The lowest BCUT2D eigenvalue weighted by atomic mass is 9.93. The fourth-order valence-corrected chi connectivity index (χ4v) is 3.68. The molecule has 2 saturated carbocycles. The van der Waals surface area contributed by atoms with Crippen LogP contribution in [-0.2, 0) is 0 Å². The van der Waals surface area contributed by atoms with Gasteiger partial charge in [0.1, 0.15) is 18.5 Å². The van der Waals surface area contributed by atoms with E-state index < -0.39 is 6.10 Å². The van der Waals surface area contributed by atoms with Crippen LogP contribution in [-0.4, -0.2) is 41.8 Å². The highest BCUT2D eigenvalue weighted by molar-refractivity contribution is 5.31. The second-order valence-corrected chi connectivity index (χ2v) is 7.42. The van der Waals surface area contributed by atoms with Gasteiger partial charge in [0.25, 0.3) is 0 Å². The third kappa shape index (κ3) is 5.22. The van der Waals surface area contributed by atoms with Crippen molar-refractivity contribution < 1.29 is 9.84 Å². The van der Waals surface area contributed by atoms with E-state index in [-0.39, 0.29) is 0 Å². The molecule has 1 aromatic rings. The molecule has 0 saturated heterocycles. The summed E-state index contributed by atoms with van der Waals surface area (Å²) in [5.41, 5.74) is 1.13. The SMILES string of the molecule is Cc1ccccc1OCC(O)CN(CC1CC1)C1CCCCC1. The van der Waals surface area contributed by atoms with Crippen molar-refractivity contribution in [2.24, 2.45) is 5.92 Å². The highest BCUT2D eigenvalue weighted by Gasteiger charge is 2.30. The van der Waals surface area contributed by atoms with Crippen LogP contribution in [0.1, 0.15) is 50.5 Å². The molecule has 1 N–H and O–H groups in total. The molecule has 0 bridgehead atoms. The Bertz CT molecular complexity index is 480. The average molecular weight is 317 g/mol. The first-order chi connectivity index (χ1) is 11.2. The minimum atomic E-state index is -0.407. The Morgan fingerprint density at radius 1 is 1.13 bits per heavy atom. The number of nitrogens with zero attached hydrogens (tertiary/aromatic N) is 1. The van der Waals surface area contributed by atoms with Gasteiger partial charge in [0, 0.05) is 19.1 Å². The largest absolute Gasteiger partial charge is 0.491 e. The molecule has 1 unspecified atom stereocenters. The third-order valence-corrected chi connectivity index (χ3v) is 5.25. The standard InChI is InChI=1S/C20H31NO2/c1-16-7-5-6-10-20(16)23-15-19(22)14-21(13-17-11-12-17)18-8-3-2-4-9-18/h5-7,10,17-19,22H,2-4,8-9,11-15H2,1H3. The van der Waals surface area contributed by atoms with Gasteiger partial charge in [-0.05, 0) is 50.2 Å². The Balaban J connectivity index is 1.50. The fourth-order valence-electron chi connectivity index (χ4n) is 3.68. The molecular formula is C20H31NO2. The molecule has 2 fully saturated rings. The number of para-hydroxylation sites is 1. The molecule has 1 aromatic carbocycles. The normalized spacial score (nSPS) is 20.7. The first kappa shape index (κ1) is 16.8. The maximum absolute atomic E-state index is 10.5. The highest BCUT2D eigenvalue weighted by Crippen LogP contribution is 2.32. The Hall–Kier alpha value is -1.06. The summed E-state index contributed by atoms with van der Waals surface area (Å²) in [6.45, 7) is 4.36. The molecule has 0 amide bonds. The van der Waals surface area contributed by atoms with Crippen LogP contribution >= 0.6 is 0 Å². The summed E-state index contributed by atoms with van der Waals surface area (Å²) in [6, 6.07) is 8.70. The second kappa shape index (κ2) is 8.16. The van der Waals surface area contributed by atoms with Crippen molar-refractivity contribution in [3.63, 3.8) is 0 Å². The molecule has 23 heavy (non-hydrogen) atoms. The number of hydrogen-bond acceptors (Lipinski definition) is 3. The van der Waals surface area contributed by atoms with Crippen molar-refractivity contribution in [2.45, 2.75) is 64.0 Å².